The maximum absolute atomic E-state index is 5.92. The van der Waals surface area contributed by atoms with Gasteiger partial charge in [-0.25, -0.2) is 0 Å². The number of ether oxygens (including phenoxy) is 2. The lowest BCUT2D eigenvalue weighted by Gasteiger charge is -2.20. The zero-order chi connectivity index (χ0) is 11.9. The topological polar surface area (TPSA) is 18.5 Å². The van der Waals surface area contributed by atoms with Crippen molar-refractivity contribution in [3.63, 3.8) is 0 Å². The molecule has 0 radical (unpaired) electrons. The van der Waals surface area contributed by atoms with Gasteiger partial charge < -0.3 is 9.47 Å². The molecule has 2 heteroatoms. The van der Waals surface area contributed by atoms with Gasteiger partial charge in [0, 0.05) is 19.3 Å². The summed E-state index contributed by atoms with van der Waals surface area (Å²) in [6.07, 6.45) is 16.1. The van der Waals surface area contributed by atoms with Crippen LogP contribution < -0.4 is 0 Å². The molecule has 0 aromatic heterocycles. The van der Waals surface area contributed by atoms with Gasteiger partial charge in [0.2, 0.25) is 6.29 Å². The molecule has 2 aliphatic rings. The summed E-state index contributed by atoms with van der Waals surface area (Å²) in [6.45, 7) is 2.03. The highest BCUT2D eigenvalue weighted by Crippen LogP contribution is 2.25. The van der Waals surface area contributed by atoms with Crippen molar-refractivity contribution in [1.82, 2.24) is 0 Å². The maximum atomic E-state index is 5.92. The van der Waals surface area contributed by atoms with Gasteiger partial charge in [-0.2, -0.15) is 0 Å². The van der Waals surface area contributed by atoms with E-state index in [-0.39, 0.29) is 6.29 Å². The smallest absolute Gasteiger partial charge is 0.243 e. The predicted octanol–water partition coefficient (Wildman–Crippen LogP) is 4.45. The molecule has 2 nitrogen and oxygen atoms in total. The molecule has 0 heterocycles. The second-order valence-electron chi connectivity index (χ2n) is 4.60. The third-order valence-corrected chi connectivity index (χ3v) is 3.13. The zero-order valence-corrected chi connectivity index (χ0v) is 10.7. The normalized spacial score (nSPS) is 19.9. The summed E-state index contributed by atoms with van der Waals surface area (Å²) in [5.41, 5.74) is 0. The fourth-order valence-corrected chi connectivity index (χ4v) is 2.20. The van der Waals surface area contributed by atoms with Crippen molar-refractivity contribution in [3.8, 4) is 0 Å². The van der Waals surface area contributed by atoms with Gasteiger partial charge in [-0.15, -0.1) is 0 Å². The van der Waals surface area contributed by atoms with E-state index in [0.717, 1.165) is 43.6 Å². The van der Waals surface area contributed by atoms with E-state index in [1.807, 2.05) is 13.0 Å². The van der Waals surface area contributed by atoms with Crippen molar-refractivity contribution in [2.45, 2.75) is 58.2 Å². The molecule has 0 unspecified atom stereocenters. The molecule has 0 aromatic rings. The Balaban J connectivity index is 1.87. The minimum absolute atomic E-state index is 0.139. The van der Waals surface area contributed by atoms with Gasteiger partial charge in [0.1, 0.15) is 0 Å². The molecule has 0 aromatic carbocycles. The highest BCUT2D eigenvalue weighted by atomic mass is 16.7. The third kappa shape index (κ3) is 3.95. The third-order valence-electron chi connectivity index (χ3n) is 3.13. The van der Waals surface area contributed by atoms with Crippen molar-refractivity contribution in [1.29, 1.82) is 0 Å². The van der Waals surface area contributed by atoms with Crippen LogP contribution in [0.25, 0.3) is 0 Å². The molecule has 0 fully saturated rings. The maximum Gasteiger partial charge on any atom is 0.243 e. The summed E-state index contributed by atoms with van der Waals surface area (Å²) in [4.78, 5) is 0. The Morgan fingerprint density at radius 1 is 1.12 bits per heavy atom. The van der Waals surface area contributed by atoms with Crippen LogP contribution in [0.1, 0.15) is 51.9 Å². The second-order valence-corrected chi connectivity index (χ2v) is 4.60. The first-order valence-corrected chi connectivity index (χ1v) is 6.71. The summed E-state index contributed by atoms with van der Waals surface area (Å²) in [5.74, 6) is 2.22. The first-order chi connectivity index (χ1) is 8.38. The Hall–Kier alpha value is -1.18. The molecule has 0 atom stereocenters. The fourth-order valence-electron chi connectivity index (χ4n) is 2.20. The highest BCUT2D eigenvalue weighted by molar-refractivity contribution is 5.02. The molecular weight excluding hydrogens is 212 g/mol. The Morgan fingerprint density at radius 2 is 1.71 bits per heavy atom. The van der Waals surface area contributed by atoms with E-state index < -0.39 is 0 Å². The summed E-state index contributed by atoms with van der Waals surface area (Å²) in [6, 6.07) is 0. The average molecular weight is 234 g/mol. The van der Waals surface area contributed by atoms with Gasteiger partial charge in [0.25, 0.3) is 0 Å². The Kier molecular flexibility index (Phi) is 4.72. The Labute approximate surface area is 104 Å². The van der Waals surface area contributed by atoms with Crippen molar-refractivity contribution in [3.05, 3.63) is 35.8 Å². The zero-order valence-electron chi connectivity index (χ0n) is 10.7. The van der Waals surface area contributed by atoms with Gasteiger partial charge in [-0.3, -0.25) is 0 Å². The van der Waals surface area contributed by atoms with E-state index in [2.05, 4.69) is 18.2 Å². The lowest BCUT2D eigenvalue weighted by atomic mass is 10.3. The van der Waals surface area contributed by atoms with E-state index in [0.29, 0.717) is 0 Å². The van der Waals surface area contributed by atoms with Crippen LogP contribution >= 0.6 is 0 Å². The Bertz CT molecular complexity index is 300. The average Bonchev–Trinajstić information content (AvgIpc) is 2.99. The highest BCUT2D eigenvalue weighted by Gasteiger charge is 2.17. The lowest BCUT2D eigenvalue weighted by molar-refractivity contribution is -0.0857. The number of hydrogen-bond donors (Lipinski definition) is 0. The van der Waals surface area contributed by atoms with Crippen LogP contribution in [-0.2, 0) is 9.47 Å². The molecule has 94 valence electrons. The summed E-state index contributed by atoms with van der Waals surface area (Å²) < 4.78 is 11.8. The molecule has 0 bridgehead atoms. The van der Waals surface area contributed by atoms with Gasteiger partial charge in [0.15, 0.2) is 0 Å². The van der Waals surface area contributed by atoms with Crippen LogP contribution in [0.3, 0.4) is 0 Å². The van der Waals surface area contributed by atoms with Crippen LogP contribution in [0, 0.1) is 0 Å². The molecular formula is C15H22O2. The van der Waals surface area contributed by atoms with Crippen molar-refractivity contribution < 1.29 is 9.47 Å². The first kappa shape index (κ1) is 12.3. The van der Waals surface area contributed by atoms with Crippen LogP contribution in [0.2, 0.25) is 0 Å². The quantitative estimate of drug-likeness (QED) is 0.499. The largest absolute Gasteiger partial charge is 0.459 e. The molecule has 0 saturated heterocycles. The predicted molar refractivity (Wildman–Crippen MR) is 69.3 cm³/mol. The van der Waals surface area contributed by atoms with Crippen LogP contribution in [0.4, 0.5) is 0 Å². The SMILES string of the molecule is CC=CCC(OC1=CCCC1)OC1=CCCC1. The van der Waals surface area contributed by atoms with Crippen molar-refractivity contribution >= 4 is 0 Å². The van der Waals surface area contributed by atoms with E-state index in [1.165, 1.54) is 12.8 Å². The van der Waals surface area contributed by atoms with Crippen LogP contribution in [-0.4, -0.2) is 6.29 Å². The van der Waals surface area contributed by atoms with Gasteiger partial charge in [-0.05, 0) is 44.8 Å². The van der Waals surface area contributed by atoms with E-state index in [1.54, 1.807) is 0 Å². The molecule has 2 rings (SSSR count). The molecule has 17 heavy (non-hydrogen) atoms. The molecule has 0 spiro atoms. The molecule has 0 saturated carbocycles. The van der Waals surface area contributed by atoms with Gasteiger partial charge >= 0.3 is 0 Å². The summed E-state index contributed by atoms with van der Waals surface area (Å²) in [7, 11) is 0. The van der Waals surface area contributed by atoms with E-state index in [4.69, 9.17) is 9.47 Å². The number of rotatable bonds is 6. The summed E-state index contributed by atoms with van der Waals surface area (Å²) in [5, 5.41) is 0. The minimum atomic E-state index is -0.139. The van der Waals surface area contributed by atoms with E-state index in [9.17, 15) is 0 Å². The van der Waals surface area contributed by atoms with Crippen LogP contribution in [0.5, 0.6) is 0 Å². The second kappa shape index (κ2) is 6.53. The lowest BCUT2D eigenvalue weighted by Crippen LogP contribution is -2.15. The Morgan fingerprint density at radius 3 is 2.12 bits per heavy atom. The summed E-state index contributed by atoms with van der Waals surface area (Å²) >= 11 is 0. The molecule has 0 amide bonds. The molecule has 0 N–H and O–H groups in total. The van der Waals surface area contributed by atoms with Crippen molar-refractivity contribution in [2.75, 3.05) is 0 Å². The monoisotopic (exact) mass is 234 g/mol. The van der Waals surface area contributed by atoms with E-state index >= 15 is 0 Å². The van der Waals surface area contributed by atoms with Gasteiger partial charge in [0.05, 0.1) is 11.5 Å². The number of hydrogen-bond acceptors (Lipinski definition) is 2. The standard InChI is InChI=1S/C15H22O2/c1-2-3-12-15(16-13-8-4-5-9-13)17-14-10-6-7-11-14/h2-3,8,10,15H,4-7,9,11-12H2,1H3. The van der Waals surface area contributed by atoms with Crippen LogP contribution in [0.15, 0.2) is 35.8 Å². The fraction of sp³-hybridized carbons (Fsp3) is 0.600. The molecule has 0 aliphatic heterocycles. The molecule has 2 aliphatic carbocycles. The minimum Gasteiger partial charge on any atom is -0.459 e. The van der Waals surface area contributed by atoms with Gasteiger partial charge in [-0.1, -0.05) is 12.2 Å². The van der Waals surface area contributed by atoms with Crippen molar-refractivity contribution in [2.24, 2.45) is 0 Å². The first-order valence-electron chi connectivity index (χ1n) is 6.71. The number of allylic oxidation sites excluding steroid dienone is 5.